The molecule has 0 aliphatic heterocycles. The molecule has 0 aromatic carbocycles. The molecule has 0 spiro atoms. The van der Waals surface area contributed by atoms with Gasteiger partial charge in [0.05, 0.1) is 0 Å². The molecule has 0 aliphatic carbocycles. The zero-order chi connectivity index (χ0) is 2.00. The summed E-state index contributed by atoms with van der Waals surface area (Å²) in [6, 6.07) is 0. The first-order valence-electron chi connectivity index (χ1n) is 0.120. The van der Waals surface area contributed by atoms with Crippen LogP contribution in [0.3, 0.4) is 0 Å². The molecule has 0 heterocycles. The number of hydrogen-bond acceptors (Lipinski definition) is 0. The summed E-state index contributed by atoms with van der Waals surface area (Å²) in [7, 11) is 0. The van der Waals surface area contributed by atoms with Crippen molar-refractivity contribution in [3.63, 3.8) is 0 Å². The summed E-state index contributed by atoms with van der Waals surface area (Å²) in [5.74, 6) is 0. The molecule has 0 saturated heterocycles. The van der Waals surface area contributed by atoms with E-state index in [9.17, 15) is 0 Å². The number of hydrogen-bond donors (Lipinski definition) is 0. The van der Waals surface area contributed by atoms with Gasteiger partial charge in [-0.3, -0.25) is 0 Å². The van der Waals surface area contributed by atoms with Gasteiger partial charge in [-0.2, -0.15) is 0 Å². The summed E-state index contributed by atoms with van der Waals surface area (Å²) in [6.07, 6.45) is 0. The summed E-state index contributed by atoms with van der Waals surface area (Å²) < 4.78 is 0. The van der Waals surface area contributed by atoms with Crippen LogP contribution in [0.5, 0.6) is 0 Å². The van der Waals surface area contributed by atoms with Gasteiger partial charge in [-0.15, -0.1) is 0 Å². The van der Waals surface area contributed by atoms with Crippen molar-refractivity contribution in [2.24, 2.45) is 0 Å². The van der Waals surface area contributed by atoms with Gasteiger partial charge in [-0.1, -0.05) is 0 Å². The second-order valence-electron chi connectivity index (χ2n) is 0. The van der Waals surface area contributed by atoms with Gasteiger partial charge in [0.25, 0.3) is 0 Å². The van der Waals surface area contributed by atoms with Crippen LogP contribution in [0.25, 0.3) is 0 Å². The molecule has 6 N–H and O–H groups in total. The van der Waals surface area contributed by atoms with Crippen molar-refractivity contribution in [1.82, 2.24) is 0 Å². The summed E-state index contributed by atoms with van der Waals surface area (Å²) in [5, 5.41) is 0. The molecule has 0 aromatic rings. The van der Waals surface area contributed by atoms with Gasteiger partial charge in [0.1, 0.15) is 0 Å². The van der Waals surface area contributed by atoms with Crippen LogP contribution >= 0.6 is 14.2 Å². The van der Waals surface area contributed by atoms with Crippen LogP contribution in [0.2, 0.25) is 0 Å². The molecule has 0 fully saturated rings. The average Bonchev–Trinajstić information content (AvgIpc) is 1.00. The third kappa shape index (κ3) is 54.2. The Morgan fingerprint density at radius 1 is 0.800 bits per heavy atom. The van der Waals surface area contributed by atoms with Crippen molar-refractivity contribution in [1.29, 1.82) is 0 Å². The second kappa shape index (κ2) is 98.9. The standard InChI is InChI=1S/BrH.Ni.3H2O/h1H;;3*1H2/q;+1;;;/p-1. The number of halogens is 1. The fourth-order valence-corrected chi connectivity index (χ4v) is 0. The maximum atomic E-state index is 3.69. The quantitative estimate of drug-likeness (QED) is 0.412. The van der Waals surface area contributed by atoms with E-state index in [1.807, 2.05) is 0 Å². The Bertz CT molecular complexity index is 6.85. The molecule has 0 saturated carbocycles. The van der Waals surface area contributed by atoms with E-state index < -0.39 is 0 Å². The Labute approximate surface area is 44.8 Å². The van der Waals surface area contributed by atoms with E-state index >= 15 is 0 Å². The van der Waals surface area contributed by atoms with E-state index in [4.69, 9.17) is 0 Å². The SMILES string of the molecule is O.O.O.[Ni][Br]. The molecule has 0 amide bonds. The zero-order valence-electron chi connectivity index (χ0n) is 2.19. The molecular weight excluding hydrogens is 187 g/mol. The van der Waals surface area contributed by atoms with Crippen LogP contribution in [-0.2, 0) is 13.7 Å². The molecule has 0 rings (SSSR count). The third-order valence-electron chi connectivity index (χ3n) is 0. The number of rotatable bonds is 0. The van der Waals surface area contributed by atoms with Crippen LogP contribution in [0.1, 0.15) is 0 Å². The van der Waals surface area contributed by atoms with E-state index in [2.05, 4.69) is 27.9 Å². The minimum atomic E-state index is 0. The first-order valence-corrected chi connectivity index (χ1v) is 2.56. The average molecular weight is 193 g/mol. The van der Waals surface area contributed by atoms with E-state index in [1.165, 1.54) is 0 Å². The van der Waals surface area contributed by atoms with E-state index in [0.717, 1.165) is 0 Å². The molecule has 5 heavy (non-hydrogen) atoms. The Balaban J connectivity index is -0.00000000167. The van der Waals surface area contributed by atoms with E-state index in [0.29, 0.717) is 0 Å². The Morgan fingerprint density at radius 3 is 0.800 bits per heavy atom. The van der Waals surface area contributed by atoms with Crippen LogP contribution in [0, 0.1) is 0 Å². The van der Waals surface area contributed by atoms with Crippen molar-refractivity contribution in [2.75, 3.05) is 0 Å². The molecular formula is H6BrNiO3. The fraction of sp³-hybridized carbons (Fsp3) is 0. The molecule has 0 unspecified atom stereocenters. The molecule has 0 atom stereocenters. The summed E-state index contributed by atoms with van der Waals surface area (Å²) in [6.45, 7) is 0. The summed E-state index contributed by atoms with van der Waals surface area (Å²) in [5.41, 5.74) is 0. The van der Waals surface area contributed by atoms with Crippen molar-refractivity contribution < 1.29 is 30.1 Å². The van der Waals surface area contributed by atoms with Gasteiger partial charge >= 0.3 is 27.9 Å². The summed E-state index contributed by atoms with van der Waals surface area (Å²) in [4.78, 5) is 0. The predicted molar refractivity (Wildman–Crippen MR) is 19.8 cm³/mol. The van der Waals surface area contributed by atoms with Crippen LogP contribution < -0.4 is 0 Å². The van der Waals surface area contributed by atoms with Gasteiger partial charge in [0, 0.05) is 0 Å². The molecule has 0 aromatic heterocycles. The minimum absolute atomic E-state index is 0. The molecule has 0 bridgehead atoms. The van der Waals surface area contributed by atoms with Crippen LogP contribution in [0.15, 0.2) is 0 Å². The van der Waals surface area contributed by atoms with Crippen molar-refractivity contribution >= 4 is 14.2 Å². The van der Waals surface area contributed by atoms with Crippen molar-refractivity contribution in [3.8, 4) is 0 Å². The Kier molecular flexibility index (Phi) is 794. The van der Waals surface area contributed by atoms with Gasteiger partial charge < -0.3 is 16.4 Å². The van der Waals surface area contributed by atoms with Crippen molar-refractivity contribution in [3.05, 3.63) is 0 Å². The normalized spacial score (nSPS) is 1.40. The van der Waals surface area contributed by atoms with Gasteiger partial charge in [-0.05, 0) is 0 Å². The topological polar surface area (TPSA) is 94.5 Å². The zero-order valence-corrected chi connectivity index (χ0v) is 4.77. The van der Waals surface area contributed by atoms with Crippen LogP contribution in [0.4, 0.5) is 0 Å². The maximum absolute atomic E-state index is 3.69. The van der Waals surface area contributed by atoms with Gasteiger partial charge in [0.2, 0.25) is 0 Å². The molecule has 3 nitrogen and oxygen atoms in total. The van der Waals surface area contributed by atoms with E-state index in [1.54, 1.807) is 0 Å². The molecule has 0 aliphatic rings. The van der Waals surface area contributed by atoms with E-state index in [-0.39, 0.29) is 16.4 Å². The first-order chi connectivity index (χ1) is 1.00. The van der Waals surface area contributed by atoms with Crippen LogP contribution in [-0.4, -0.2) is 16.4 Å². The van der Waals surface area contributed by atoms with Gasteiger partial charge in [-0.25, -0.2) is 0 Å². The third-order valence-corrected chi connectivity index (χ3v) is 0. The monoisotopic (exact) mass is 191 g/mol. The molecule has 5 heteroatoms. The Hall–Kier alpha value is 0.854. The first kappa shape index (κ1) is 40.1. The van der Waals surface area contributed by atoms with Crippen molar-refractivity contribution in [2.45, 2.75) is 0 Å². The molecule has 41 valence electrons. The second-order valence-corrected chi connectivity index (χ2v) is 0. The Morgan fingerprint density at radius 2 is 0.800 bits per heavy atom. The van der Waals surface area contributed by atoms with Gasteiger partial charge in [0.15, 0.2) is 0 Å². The predicted octanol–water partition coefficient (Wildman–Crippen LogP) is -1.63. The summed E-state index contributed by atoms with van der Waals surface area (Å²) >= 11 is 6.25. The molecule has 0 radical (unpaired) electrons. The fourth-order valence-electron chi connectivity index (χ4n) is 0.